The van der Waals surface area contributed by atoms with Crippen molar-refractivity contribution in [2.75, 3.05) is 0 Å². The number of aryl methyl sites for hydroxylation is 1. The predicted molar refractivity (Wildman–Crippen MR) is 52.3 cm³/mol. The summed E-state index contributed by atoms with van der Waals surface area (Å²) in [5.74, 6) is -0.639. The number of nitrogens with zero attached hydrogens (tertiary/aromatic N) is 4. The quantitative estimate of drug-likeness (QED) is 0.818. The maximum atomic E-state index is 10.7. The van der Waals surface area contributed by atoms with E-state index in [1.807, 2.05) is 0 Å². The first-order valence-electron chi connectivity index (χ1n) is 4.40. The van der Waals surface area contributed by atoms with Gasteiger partial charge in [-0.2, -0.15) is 4.68 Å². The lowest BCUT2D eigenvalue weighted by atomic mass is 10.2. The van der Waals surface area contributed by atoms with Crippen LogP contribution in [0.3, 0.4) is 0 Å². The smallest absolute Gasteiger partial charge is 0.340 e. The van der Waals surface area contributed by atoms with E-state index in [-0.39, 0.29) is 11.6 Å². The zero-order valence-corrected chi connectivity index (χ0v) is 8.36. The highest BCUT2D eigenvalue weighted by atomic mass is 16.5. The normalized spacial score (nSPS) is 10.1. The van der Waals surface area contributed by atoms with Crippen LogP contribution in [-0.4, -0.2) is 31.3 Å². The zero-order chi connectivity index (χ0) is 11.5. The van der Waals surface area contributed by atoms with E-state index in [0.717, 1.165) is 0 Å². The van der Waals surface area contributed by atoms with Crippen LogP contribution in [0.15, 0.2) is 24.3 Å². The molecule has 0 aliphatic carbocycles. The summed E-state index contributed by atoms with van der Waals surface area (Å²) >= 11 is 0. The molecule has 1 heterocycles. The van der Waals surface area contributed by atoms with Crippen molar-refractivity contribution in [2.24, 2.45) is 7.05 Å². The molecule has 0 saturated carbocycles. The van der Waals surface area contributed by atoms with E-state index in [9.17, 15) is 4.79 Å². The Bertz CT molecular complexity index is 523. The average Bonchev–Trinajstić information content (AvgIpc) is 2.65. The standard InChI is InChI=1S/C9H8N4O3/c1-13-9(10-11-12-13)16-7-4-2-3-6(5-7)8(14)15/h2-5H,1H3,(H,14,15). The van der Waals surface area contributed by atoms with Gasteiger partial charge in [-0.1, -0.05) is 11.2 Å². The Hall–Kier alpha value is -2.44. The third kappa shape index (κ3) is 1.97. The average molecular weight is 220 g/mol. The maximum Gasteiger partial charge on any atom is 0.340 e. The van der Waals surface area contributed by atoms with Gasteiger partial charge in [-0.15, -0.1) is 0 Å². The van der Waals surface area contributed by atoms with Crippen LogP contribution in [0.2, 0.25) is 0 Å². The number of tetrazole rings is 1. The van der Waals surface area contributed by atoms with Crippen molar-refractivity contribution in [3.05, 3.63) is 29.8 Å². The molecule has 0 spiro atoms. The van der Waals surface area contributed by atoms with Gasteiger partial charge in [0, 0.05) is 7.05 Å². The number of carbonyl (C=O) groups is 1. The Kier molecular flexibility index (Phi) is 2.50. The second kappa shape index (κ2) is 3.97. The molecule has 16 heavy (non-hydrogen) atoms. The number of hydrogen-bond acceptors (Lipinski definition) is 5. The number of aromatic nitrogens is 4. The third-order valence-corrected chi connectivity index (χ3v) is 1.87. The SMILES string of the molecule is Cn1nnnc1Oc1cccc(C(=O)O)c1. The molecule has 7 nitrogen and oxygen atoms in total. The summed E-state index contributed by atoms with van der Waals surface area (Å²) in [5, 5.41) is 19.4. The molecule has 1 N–H and O–H groups in total. The Labute approximate surface area is 90.3 Å². The Morgan fingerprint density at radius 2 is 2.31 bits per heavy atom. The van der Waals surface area contributed by atoms with Gasteiger partial charge in [0.25, 0.3) is 0 Å². The first-order valence-corrected chi connectivity index (χ1v) is 4.40. The number of aromatic carboxylic acids is 1. The van der Waals surface area contributed by atoms with Crippen molar-refractivity contribution in [3.8, 4) is 11.8 Å². The number of ether oxygens (including phenoxy) is 1. The molecule has 0 amide bonds. The second-order valence-electron chi connectivity index (χ2n) is 3.02. The molecule has 0 saturated heterocycles. The Balaban J connectivity index is 2.25. The Morgan fingerprint density at radius 1 is 1.50 bits per heavy atom. The first kappa shape index (κ1) is 10.1. The number of hydrogen-bond donors (Lipinski definition) is 1. The molecular formula is C9H8N4O3. The van der Waals surface area contributed by atoms with Crippen LogP contribution < -0.4 is 4.74 Å². The topological polar surface area (TPSA) is 90.1 Å². The molecule has 0 aliphatic rings. The third-order valence-electron chi connectivity index (χ3n) is 1.87. The van der Waals surface area contributed by atoms with E-state index in [4.69, 9.17) is 9.84 Å². The molecule has 2 aromatic rings. The van der Waals surface area contributed by atoms with Crippen LogP contribution >= 0.6 is 0 Å². The Morgan fingerprint density at radius 3 is 2.94 bits per heavy atom. The molecule has 82 valence electrons. The van der Waals surface area contributed by atoms with Crippen molar-refractivity contribution in [2.45, 2.75) is 0 Å². The highest BCUT2D eigenvalue weighted by Gasteiger charge is 2.07. The number of carboxylic acid groups (broad SMARTS) is 1. The summed E-state index contributed by atoms with van der Waals surface area (Å²) in [4.78, 5) is 10.7. The molecule has 0 fully saturated rings. The predicted octanol–water partition coefficient (Wildman–Crippen LogP) is 0.701. The van der Waals surface area contributed by atoms with Crippen LogP contribution in [0.25, 0.3) is 0 Å². The number of rotatable bonds is 3. The molecule has 1 aromatic carbocycles. The lowest BCUT2D eigenvalue weighted by Gasteiger charge is -2.03. The van der Waals surface area contributed by atoms with Gasteiger partial charge in [0.1, 0.15) is 5.75 Å². The van der Waals surface area contributed by atoms with Crippen molar-refractivity contribution < 1.29 is 14.6 Å². The summed E-state index contributed by atoms with van der Waals surface area (Å²) in [6.07, 6.45) is 0. The van der Waals surface area contributed by atoms with Crippen molar-refractivity contribution in [3.63, 3.8) is 0 Å². The molecule has 2 rings (SSSR count). The fourth-order valence-corrected chi connectivity index (χ4v) is 1.11. The molecule has 0 atom stereocenters. The molecule has 1 aromatic heterocycles. The lowest BCUT2D eigenvalue weighted by Crippen LogP contribution is -1.98. The fourth-order valence-electron chi connectivity index (χ4n) is 1.11. The van der Waals surface area contributed by atoms with Crippen LogP contribution in [0.4, 0.5) is 0 Å². The monoisotopic (exact) mass is 220 g/mol. The second-order valence-corrected chi connectivity index (χ2v) is 3.02. The highest BCUT2D eigenvalue weighted by Crippen LogP contribution is 2.18. The molecule has 0 unspecified atom stereocenters. The summed E-state index contributed by atoms with van der Waals surface area (Å²) in [6.45, 7) is 0. The summed E-state index contributed by atoms with van der Waals surface area (Å²) < 4.78 is 6.64. The summed E-state index contributed by atoms with van der Waals surface area (Å²) in [6, 6.07) is 6.28. The van der Waals surface area contributed by atoms with Crippen molar-refractivity contribution in [1.82, 2.24) is 20.2 Å². The summed E-state index contributed by atoms with van der Waals surface area (Å²) in [7, 11) is 1.62. The molecule has 0 radical (unpaired) electrons. The van der Waals surface area contributed by atoms with E-state index in [1.165, 1.54) is 16.8 Å². The maximum absolute atomic E-state index is 10.7. The van der Waals surface area contributed by atoms with Crippen LogP contribution in [0.5, 0.6) is 11.8 Å². The van der Waals surface area contributed by atoms with E-state index in [2.05, 4.69) is 15.5 Å². The first-order chi connectivity index (χ1) is 7.66. The fraction of sp³-hybridized carbons (Fsp3) is 0.111. The molecular weight excluding hydrogens is 212 g/mol. The van der Waals surface area contributed by atoms with Crippen molar-refractivity contribution >= 4 is 5.97 Å². The zero-order valence-electron chi connectivity index (χ0n) is 8.36. The minimum absolute atomic E-state index is 0.146. The lowest BCUT2D eigenvalue weighted by molar-refractivity contribution is 0.0696. The molecule has 0 bridgehead atoms. The van der Waals surface area contributed by atoms with E-state index >= 15 is 0 Å². The van der Waals surface area contributed by atoms with Gasteiger partial charge >= 0.3 is 12.0 Å². The molecule has 7 heteroatoms. The van der Waals surface area contributed by atoms with Crippen LogP contribution in [0, 0.1) is 0 Å². The van der Waals surface area contributed by atoms with Gasteiger partial charge in [-0.3, -0.25) is 0 Å². The minimum atomic E-state index is -1.01. The minimum Gasteiger partial charge on any atom is -0.478 e. The van der Waals surface area contributed by atoms with Gasteiger partial charge < -0.3 is 9.84 Å². The van der Waals surface area contributed by atoms with E-state index < -0.39 is 5.97 Å². The van der Waals surface area contributed by atoms with Crippen molar-refractivity contribution in [1.29, 1.82) is 0 Å². The van der Waals surface area contributed by atoms with Crippen LogP contribution in [-0.2, 0) is 7.05 Å². The summed E-state index contributed by atoms with van der Waals surface area (Å²) in [5.41, 5.74) is 0.146. The number of carboxylic acids is 1. The van der Waals surface area contributed by atoms with Gasteiger partial charge in [0.2, 0.25) is 0 Å². The van der Waals surface area contributed by atoms with Crippen LogP contribution in [0.1, 0.15) is 10.4 Å². The van der Waals surface area contributed by atoms with Gasteiger partial charge in [-0.25, -0.2) is 4.79 Å². The van der Waals surface area contributed by atoms with Gasteiger partial charge in [0.15, 0.2) is 0 Å². The molecule has 0 aliphatic heterocycles. The van der Waals surface area contributed by atoms with Gasteiger partial charge in [0.05, 0.1) is 5.56 Å². The van der Waals surface area contributed by atoms with E-state index in [1.54, 1.807) is 19.2 Å². The largest absolute Gasteiger partial charge is 0.478 e. The van der Waals surface area contributed by atoms with Gasteiger partial charge in [-0.05, 0) is 28.6 Å². The number of benzene rings is 1. The van der Waals surface area contributed by atoms with E-state index in [0.29, 0.717) is 5.75 Å². The highest BCUT2D eigenvalue weighted by molar-refractivity contribution is 5.88.